The minimum atomic E-state index is -0.410. The number of imidazole rings is 1. The van der Waals surface area contributed by atoms with Crippen LogP contribution in [0, 0.1) is 6.92 Å². The van der Waals surface area contributed by atoms with Crippen molar-refractivity contribution in [3.8, 4) is 0 Å². The molecule has 0 aliphatic rings. The summed E-state index contributed by atoms with van der Waals surface area (Å²) < 4.78 is 5.74. The van der Waals surface area contributed by atoms with E-state index < -0.39 is 5.69 Å². The van der Waals surface area contributed by atoms with Gasteiger partial charge in [0.2, 0.25) is 0 Å². The first-order valence-corrected chi connectivity index (χ1v) is 7.55. The van der Waals surface area contributed by atoms with Gasteiger partial charge in [-0.05, 0) is 6.92 Å². The molecule has 9 heteroatoms. The zero-order valence-electron chi connectivity index (χ0n) is 12.4. The maximum atomic E-state index is 12.3. The lowest BCUT2D eigenvalue weighted by atomic mass is 10.4. The topological polar surface area (TPSA) is 83.8 Å². The van der Waals surface area contributed by atoms with Crippen molar-refractivity contribution >= 4 is 22.5 Å². The van der Waals surface area contributed by atoms with Crippen molar-refractivity contribution in [2.24, 2.45) is 14.1 Å². The van der Waals surface area contributed by atoms with E-state index in [1.54, 1.807) is 21.6 Å². The predicted octanol–water partition coefficient (Wildman–Crippen LogP) is -0.334. The fourth-order valence-electron chi connectivity index (χ4n) is 2.45. The lowest BCUT2D eigenvalue weighted by Gasteiger charge is -2.08. The van der Waals surface area contributed by atoms with Gasteiger partial charge in [0.1, 0.15) is 0 Å². The van der Waals surface area contributed by atoms with Crippen molar-refractivity contribution in [2.45, 2.75) is 20.0 Å². The van der Waals surface area contributed by atoms with Gasteiger partial charge in [0.25, 0.3) is 5.56 Å². The summed E-state index contributed by atoms with van der Waals surface area (Å²) in [5, 5.41) is 1.80. The molecule has 0 unspecified atom stereocenters. The monoisotopic (exact) mass is 321 g/mol. The van der Waals surface area contributed by atoms with Crippen molar-refractivity contribution < 1.29 is 0 Å². The Balaban J connectivity index is 2.08. The Morgan fingerprint density at radius 1 is 1.14 bits per heavy atom. The summed E-state index contributed by atoms with van der Waals surface area (Å²) in [6.07, 6.45) is 1.53. The van der Waals surface area contributed by atoms with Crippen molar-refractivity contribution in [2.75, 3.05) is 0 Å². The van der Waals surface area contributed by atoms with E-state index in [0.29, 0.717) is 24.3 Å². The molecular formula is C13H15N5O3S. The van der Waals surface area contributed by atoms with Gasteiger partial charge in [-0.25, -0.2) is 9.78 Å². The van der Waals surface area contributed by atoms with Crippen LogP contribution in [0.25, 0.3) is 11.2 Å². The van der Waals surface area contributed by atoms with Gasteiger partial charge in [-0.3, -0.25) is 18.7 Å². The molecule has 0 fully saturated rings. The zero-order valence-corrected chi connectivity index (χ0v) is 13.3. The van der Waals surface area contributed by atoms with Crippen LogP contribution in [0.15, 0.2) is 26.1 Å². The molecular weight excluding hydrogens is 306 g/mol. The second kappa shape index (κ2) is 5.09. The van der Waals surface area contributed by atoms with E-state index in [-0.39, 0.29) is 10.4 Å². The van der Waals surface area contributed by atoms with Crippen LogP contribution in [0.1, 0.15) is 5.69 Å². The molecule has 116 valence electrons. The van der Waals surface area contributed by atoms with Gasteiger partial charge in [0.15, 0.2) is 11.2 Å². The average Bonchev–Trinajstić information content (AvgIpc) is 3.05. The maximum absolute atomic E-state index is 12.3. The van der Waals surface area contributed by atoms with E-state index >= 15 is 0 Å². The number of fused-ring (bicyclic) bond motifs is 1. The summed E-state index contributed by atoms with van der Waals surface area (Å²) in [4.78, 5) is 40.0. The highest BCUT2D eigenvalue weighted by Crippen LogP contribution is 2.07. The van der Waals surface area contributed by atoms with Gasteiger partial charge in [-0.1, -0.05) is 11.3 Å². The molecule has 0 atom stereocenters. The summed E-state index contributed by atoms with van der Waals surface area (Å²) in [7, 11) is 3.02. The first kappa shape index (κ1) is 14.5. The zero-order chi connectivity index (χ0) is 16.0. The second-order valence-electron chi connectivity index (χ2n) is 5.11. The molecule has 0 aromatic carbocycles. The molecule has 0 amide bonds. The fraction of sp³-hybridized carbons (Fsp3) is 0.385. The summed E-state index contributed by atoms with van der Waals surface area (Å²) >= 11 is 1.15. The minimum absolute atomic E-state index is 0.0257. The SMILES string of the molecule is Cc1csc(=O)n1CCn1cnc2c1c(=O)n(C)c(=O)n2C. The standard InChI is InChI=1S/C13H15N5O3S/c1-8-6-22-13(21)18(8)5-4-17-7-14-10-9(17)11(19)16(3)12(20)15(10)2/h6-7H,4-5H2,1-3H3. The van der Waals surface area contributed by atoms with Crippen molar-refractivity contribution in [3.63, 3.8) is 0 Å². The fourth-order valence-corrected chi connectivity index (χ4v) is 3.21. The Hall–Kier alpha value is -2.42. The highest BCUT2D eigenvalue weighted by atomic mass is 32.1. The molecule has 0 aliphatic heterocycles. The molecule has 22 heavy (non-hydrogen) atoms. The van der Waals surface area contributed by atoms with Crippen LogP contribution in [0.5, 0.6) is 0 Å². The van der Waals surface area contributed by atoms with Crippen LogP contribution < -0.4 is 16.1 Å². The molecule has 0 N–H and O–H groups in total. The van der Waals surface area contributed by atoms with Crippen molar-refractivity contribution in [1.29, 1.82) is 0 Å². The first-order valence-electron chi connectivity index (χ1n) is 6.67. The molecule has 0 saturated carbocycles. The van der Waals surface area contributed by atoms with Crippen LogP contribution in [0.4, 0.5) is 0 Å². The van der Waals surface area contributed by atoms with E-state index in [1.165, 1.54) is 17.9 Å². The van der Waals surface area contributed by atoms with Gasteiger partial charge in [-0.15, -0.1) is 0 Å². The van der Waals surface area contributed by atoms with E-state index in [4.69, 9.17) is 0 Å². The number of thiazole rings is 1. The summed E-state index contributed by atoms with van der Waals surface area (Å²) in [5.74, 6) is 0. The normalized spacial score (nSPS) is 11.4. The molecule has 0 saturated heterocycles. The Morgan fingerprint density at radius 2 is 1.86 bits per heavy atom. The predicted molar refractivity (Wildman–Crippen MR) is 83.5 cm³/mol. The third-order valence-corrected chi connectivity index (χ3v) is 4.64. The van der Waals surface area contributed by atoms with Gasteiger partial charge >= 0.3 is 10.6 Å². The third-order valence-electron chi connectivity index (χ3n) is 3.76. The van der Waals surface area contributed by atoms with Crippen molar-refractivity contribution in [3.05, 3.63) is 47.9 Å². The van der Waals surface area contributed by atoms with Gasteiger partial charge in [0.05, 0.1) is 6.33 Å². The van der Waals surface area contributed by atoms with Crippen LogP contribution in [0.3, 0.4) is 0 Å². The van der Waals surface area contributed by atoms with Crippen LogP contribution in [-0.4, -0.2) is 23.3 Å². The van der Waals surface area contributed by atoms with Gasteiger partial charge < -0.3 is 9.13 Å². The van der Waals surface area contributed by atoms with Gasteiger partial charge in [0, 0.05) is 38.3 Å². The second-order valence-corrected chi connectivity index (χ2v) is 5.93. The highest BCUT2D eigenvalue weighted by molar-refractivity contribution is 7.07. The number of hydrogen-bond acceptors (Lipinski definition) is 5. The minimum Gasteiger partial charge on any atom is -0.323 e. The number of nitrogens with zero attached hydrogens (tertiary/aromatic N) is 5. The Bertz CT molecular complexity index is 1030. The molecule has 0 aliphatic carbocycles. The summed E-state index contributed by atoms with van der Waals surface area (Å²) in [6, 6.07) is 0. The molecule has 0 bridgehead atoms. The number of aromatic nitrogens is 5. The Morgan fingerprint density at radius 3 is 2.50 bits per heavy atom. The largest absolute Gasteiger partial charge is 0.332 e. The third kappa shape index (κ3) is 2.05. The van der Waals surface area contributed by atoms with E-state index in [0.717, 1.165) is 21.6 Å². The van der Waals surface area contributed by atoms with Crippen LogP contribution in [0.2, 0.25) is 0 Å². The smallest absolute Gasteiger partial charge is 0.323 e. The molecule has 0 spiro atoms. The van der Waals surface area contributed by atoms with E-state index in [2.05, 4.69) is 4.98 Å². The Labute approximate surface area is 128 Å². The first-order chi connectivity index (χ1) is 10.4. The average molecular weight is 321 g/mol. The lowest BCUT2D eigenvalue weighted by molar-refractivity contribution is 0.570. The molecule has 3 rings (SSSR count). The lowest BCUT2D eigenvalue weighted by Crippen LogP contribution is -2.37. The molecule has 3 aromatic heterocycles. The molecule has 8 nitrogen and oxygen atoms in total. The van der Waals surface area contributed by atoms with Crippen LogP contribution >= 0.6 is 11.3 Å². The van der Waals surface area contributed by atoms with Crippen molar-refractivity contribution in [1.82, 2.24) is 23.3 Å². The quantitative estimate of drug-likeness (QED) is 0.661. The highest BCUT2D eigenvalue weighted by Gasteiger charge is 2.14. The van der Waals surface area contributed by atoms with E-state index in [9.17, 15) is 14.4 Å². The number of rotatable bonds is 3. The molecule has 3 aromatic rings. The maximum Gasteiger partial charge on any atom is 0.332 e. The molecule has 0 radical (unpaired) electrons. The summed E-state index contributed by atoms with van der Waals surface area (Å²) in [5.41, 5.74) is 0.811. The Kier molecular flexibility index (Phi) is 3.36. The van der Waals surface area contributed by atoms with Crippen LogP contribution in [-0.2, 0) is 27.2 Å². The number of aryl methyl sites for hydroxylation is 3. The molecule has 3 heterocycles. The van der Waals surface area contributed by atoms with Gasteiger partial charge in [-0.2, -0.15) is 0 Å². The van der Waals surface area contributed by atoms with E-state index in [1.807, 2.05) is 6.92 Å². The number of hydrogen-bond donors (Lipinski definition) is 0. The summed E-state index contributed by atoms with van der Waals surface area (Å²) in [6.45, 7) is 2.75.